The summed E-state index contributed by atoms with van der Waals surface area (Å²) in [6.45, 7) is 0. The van der Waals surface area contributed by atoms with Crippen LogP contribution in [0.25, 0.3) is 10.9 Å². The van der Waals surface area contributed by atoms with E-state index in [0.717, 1.165) is 35.9 Å². The lowest BCUT2D eigenvalue weighted by atomic mass is 9.78. The van der Waals surface area contributed by atoms with Crippen molar-refractivity contribution in [2.45, 2.75) is 24.8 Å². The van der Waals surface area contributed by atoms with Gasteiger partial charge in [0.15, 0.2) is 0 Å². The monoisotopic (exact) mass is 226 g/mol. The molecule has 0 amide bonds. The number of anilines is 1. The van der Waals surface area contributed by atoms with E-state index < -0.39 is 0 Å². The molecule has 0 spiro atoms. The summed E-state index contributed by atoms with van der Waals surface area (Å²) in [5.41, 5.74) is 1.78. The lowest BCUT2D eigenvalue weighted by Crippen LogP contribution is -2.43. The highest BCUT2D eigenvalue weighted by Gasteiger charge is 2.36. The third-order valence-electron chi connectivity index (χ3n) is 3.55. The highest BCUT2D eigenvalue weighted by Crippen LogP contribution is 2.35. The predicted molar refractivity (Wildman–Crippen MR) is 66.5 cm³/mol. The Kier molecular flexibility index (Phi) is 2.08. The first kappa shape index (κ1) is 10.2. The van der Waals surface area contributed by atoms with E-state index >= 15 is 0 Å². The van der Waals surface area contributed by atoms with Crippen molar-refractivity contribution < 1.29 is 0 Å². The van der Waals surface area contributed by atoms with Crippen LogP contribution in [-0.4, -0.2) is 15.3 Å². The van der Waals surface area contributed by atoms with Gasteiger partial charge >= 0.3 is 0 Å². The number of nitrogens with zero attached hydrogens (tertiary/aromatic N) is 3. The van der Waals surface area contributed by atoms with E-state index in [9.17, 15) is 5.26 Å². The van der Waals surface area contributed by atoms with E-state index in [1.807, 2.05) is 30.1 Å². The minimum atomic E-state index is -0.337. The maximum absolute atomic E-state index is 9.19. The van der Waals surface area contributed by atoms with Gasteiger partial charge < -0.3 is 5.32 Å². The number of nitrogens with one attached hydrogen (secondary N) is 1. The molecule has 4 nitrogen and oxygen atoms in total. The average Bonchev–Trinajstić information content (AvgIpc) is 2.65. The molecule has 0 radical (unpaired) electrons. The zero-order valence-electron chi connectivity index (χ0n) is 9.77. The molecule has 1 N–H and O–H groups in total. The second-order valence-electron chi connectivity index (χ2n) is 4.71. The van der Waals surface area contributed by atoms with Crippen molar-refractivity contribution >= 4 is 16.6 Å². The van der Waals surface area contributed by atoms with Crippen molar-refractivity contribution in [2.75, 3.05) is 5.32 Å². The minimum Gasteiger partial charge on any atom is -0.367 e. The quantitative estimate of drug-likeness (QED) is 0.855. The molecule has 4 heteroatoms. The molecule has 3 rings (SSSR count). The lowest BCUT2D eigenvalue weighted by molar-refractivity contribution is 0.356. The van der Waals surface area contributed by atoms with Crippen LogP contribution < -0.4 is 5.32 Å². The van der Waals surface area contributed by atoms with Crippen LogP contribution in [0.2, 0.25) is 0 Å². The molecule has 86 valence electrons. The molecule has 1 fully saturated rings. The Labute approximate surface area is 99.8 Å². The summed E-state index contributed by atoms with van der Waals surface area (Å²) in [5, 5.41) is 17.8. The number of aromatic nitrogens is 2. The van der Waals surface area contributed by atoms with Crippen molar-refractivity contribution in [1.82, 2.24) is 9.78 Å². The third kappa shape index (κ3) is 1.55. The van der Waals surface area contributed by atoms with Crippen LogP contribution in [0.4, 0.5) is 5.69 Å². The van der Waals surface area contributed by atoms with Gasteiger partial charge in [0.25, 0.3) is 0 Å². The lowest BCUT2D eigenvalue weighted by Gasteiger charge is -2.36. The molecule has 1 aliphatic carbocycles. The Bertz CT molecular complexity index is 601. The van der Waals surface area contributed by atoms with Crippen LogP contribution in [0.15, 0.2) is 24.4 Å². The molecule has 1 saturated carbocycles. The van der Waals surface area contributed by atoms with Gasteiger partial charge in [-0.2, -0.15) is 10.4 Å². The fourth-order valence-corrected chi connectivity index (χ4v) is 2.31. The Morgan fingerprint density at radius 2 is 2.29 bits per heavy atom. The van der Waals surface area contributed by atoms with Crippen LogP contribution in [0.3, 0.4) is 0 Å². The summed E-state index contributed by atoms with van der Waals surface area (Å²) >= 11 is 0. The molecule has 0 saturated heterocycles. The molecular weight excluding hydrogens is 212 g/mol. The summed E-state index contributed by atoms with van der Waals surface area (Å²) in [6, 6.07) is 8.49. The number of nitriles is 1. The number of hydrogen-bond donors (Lipinski definition) is 1. The Balaban J connectivity index is 1.94. The van der Waals surface area contributed by atoms with Crippen LogP contribution in [0.5, 0.6) is 0 Å². The molecule has 1 heterocycles. The SMILES string of the molecule is Cn1ncc2cc(NC3(C#N)CCC3)ccc21. The highest BCUT2D eigenvalue weighted by molar-refractivity contribution is 5.82. The molecule has 2 aromatic rings. The van der Waals surface area contributed by atoms with Crippen molar-refractivity contribution in [3.8, 4) is 6.07 Å². The average molecular weight is 226 g/mol. The molecule has 0 bridgehead atoms. The molecular formula is C13H14N4. The zero-order chi connectivity index (χ0) is 11.9. The summed E-state index contributed by atoms with van der Waals surface area (Å²) < 4.78 is 1.85. The third-order valence-corrected chi connectivity index (χ3v) is 3.55. The van der Waals surface area contributed by atoms with Gasteiger partial charge in [-0.25, -0.2) is 0 Å². The topological polar surface area (TPSA) is 53.6 Å². The second kappa shape index (κ2) is 3.49. The second-order valence-corrected chi connectivity index (χ2v) is 4.71. The van der Waals surface area contributed by atoms with Crippen LogP contribution in [0.1, 0.15) is 19.3 Å². The summed E-state index contributed by atoms with van der Waals surface area (Å²) in [4.78, 5) is 0. The van der Waals surface area contributed by atoms with Crippen molar-refractivity contribution in [3.05, 3.63) is 24.4 Å². The van der Waals surface area contributed by atoms with Gasteiger partial charge in [-0.05, 0) is 37.5 Å². The predicted octanol–water partition coefficient (Wildman–Crippen LogP) is 2.43. The molecule has 0 atom stereocenters. The standard InChI is InChI=1S/C13H14N4/c1-17-12-4-3-11(7-10(12)8-15-17)16-13(9-14)5-2-6-13/h3-4,7-8,16H,2,5-6H2,1H3. The van der Waals surface area contributed by atoms with E-state index in [1.165, 1.54) is 0 Å². The van der Waals surface area contributed by atoms with E-state index in [2.05, 4.69) is 22.6 Å². The maximum Gasteiger partial charge on any atom is 0.125 e. The maximum atomic E-state index is 9.19. The normalized spacial score (nSPS) is 17.4. The largest absolute Gasteiger partial charge is 0.367 e. The van der Waals surface area contributed by atoms with Crippen molar-refractivity contribution in [1.29, 1.82) is 5.26 Å². The molecule has 1 aliphatic rings. The molecule has 1 aromatic heterocycles. The highest BCUT2D eigenvalue weighted by atomic mass is 15.2. The Morgan fingerprint density at radius 1 is 1.47 bits per heavy atom. The van der Waals surface area contributed by atoms with Gasteiger partial charge in [-0.3, -0.25) is 4.68 Å². The van der Waals surface area contributed by atoms with E-state index in [-0.39, 0.29) is 5.54 Å². The van der Waals surface area contributed by atoms with Gasteiger partial charge in [0.1, 0.15) is 5.54 Å². The van der Waals surface area contributed by atoms with Crippen LogP contribution in [-0.2, 0) is 7.05 Å². The first-order valence-corrected chi connectivity index (χ1v) is 5.84. The fraction of sp³-hybridized carbons (Fsp3) is 0.385. The van der Waals surface area contributed by atoms with Gasteiger partial charge in [0.05, 0.1) is 17.8 Å². The van der Waals surface area contributed by atoms with Gasteiger partial charge in [-0.1, -0.05) is 0 Å². The first-order valence-electron chi connectivity index (χ1n) is 5.84. The number of fused-ring (bicyclic) bond motifs is 1. The van der Waals surface area contributed by atoms with Crippen molar-refractivity contribution in [3.63, 3.8) is 0 Å². The van der Waals surface area contributed by atoms with Crippen molar-refractivity contribution in [2.24, 2.45) is 7.05 Å². The van der Waals surface area contributed by atoms with Crippen LogP contribution in [0, 0.1) is 11.3 Å². The summed E-state index contributed by atoms with van der Waals surface area (Å²) in [5.74, 6) is 0. The number of aryl methyl sites for hydroxylation is 1. The summed E-state index contributed by atoms with van der Waals surface area (Å²) in [6.07, 6.45) is 4.86. The fourth-order valence-electron chi connectivity index (χ4n) is 2.31. The van der Waals surface area contributed by atoms with Gasteiger partial charge in [0.2, 0.25) is 0 Å². The molecule has 17 heavy (non-hydrogen) atoms. The van der Waals surface area contributed by atoms with Gasteiger partial charge in [-0.15, -0.1) is 0 Å². The number of benzene rings is 1. The van der Waals surface area contributed by atoms with E-state index in [4.69, 9.17) is 0 Å². The molecule has 1 aromatic carbocycles. The smallest absolute Gasteiger partial charge is 0.125 e. The number of hydrogen-bond acceptors (Lipinski definition) is 3. The summed E-state index contributed by atoms with van der Waals surface area (Å²) in [7, 11) is 1.93. The molecule has 0 aliphatic heterocycles. The number of rotatable bonds is 2. The molecule has 0 unspecified atom stereocenters. The zero-order valence-corrected chi connectivity index (χ0v) is 9.77. The van der Waals surface area contributed by atoms with Crippen LogP contribution >= 0.6 is 0 Å². The minimum absolute atomic E-state index is 0.337. The van der Waals surface area contributed by atoms with E-state index in [0.29, 0.717) is 0 Å². The van der Waals surface area contributed by atoms with E-state index in [1.54, 1.807) is 0 Å². The first-order chi connectivity index (χ1) is 8.22. The van der Waals surface area contributed by atoms with Gasteiger partial charge in [0, 0.05) is 18.1 Å². The Hall–Kier alpha value is -2.02. The Morgan fingerprint density at radius 3 is 2.94 bits per heavy atom.